The zero-order valence-corrected chi connectivity index (χ0v) is 17.6. The van der Waals surface area contributed by atoms with Crippen molar-refractivity contribution in [2.45, 2.75) is 59.3 Å². The van der Waals surface area contributed by atoms with Crippen LogP contribution >= 0.6 is 11.3 Å². The third-order valence-electron chi connectivity index (χ3n) is 4.87. The molecule has 0 bridgehead atoms. The maximum Gasteiger partial charge on any atom is 0.194 e. The molecule has 0 spiro atoms. The van der Waals surface area contributed by atoms with Crippen molar-refractivity contribution < 1.29 is 0 Å². The van der Waals surface area contributed by atoms with Crippen LogP contribution in [0.1, 0.15) is 56.4 Å². The molecule has 0 aliphatic heterocycles. The van der Waals surface area contributed by atoms with E-state index in [4.69, 9.17) is 4.99 Å². The highest BCUT2D eigenvalue weighted by atomic mass is 32.1. The lowest BCUT2D eigenvalue weighted by Crippen LogP contribution is -2.13. The van der Waals surface area contributed by atoms with E-state index in [1.165, 1.54) is 48.2 Å². The molecule has 0 amide bonds. The average molecular weight is 379 g/mol. The molecule has 0 aliphatic rings. The van der Waals surface area contributed by atoms with E-state index in [1.807, 2.05) is 0 Å². The van der Waals surface area contributed by atoms with Crippen molar-refractivity contribution in [1.29, 1.82) is 0 Å². The molecular formula is C24H30N2S. The Labute approximate surface area is 167 Å². The lowest BCUT2D eigenvalue weighted by molar-refractivity contribution is 0.794. The Kier molecular flexibility index (Phi) is 7.05. The van der Waals surface area contributed by atoms with E-state index in [9.17, 15) is 0 Å². The minimum absolute atomic E-state index is 1.02. The van der Waals surface area contributed by atoms with Crippen molar-refractivity contribution in [3.05, 3.63) is 75.5 Å². The van der Waals surface area contributed by atoms with Crippen LogP contribution in [0.15, 0.2) is 58.9 Å². The topological polar surface area (TPSA) is 17.3 Å². The van der Waals surface area contributed by atoms with Gasteiger partial charge in [-0.1, -0.05) is 51.0 Å². The van der Waals surface area contributed by atoms with Crippen LogP contribution < -0.4 is 4.80 Å². The van der Waals surface area contributed by atoms with Gasteiger partial charge in [0.2, 0.25) is 0 Å². The van der Waals surface area contributed by atoms with Gasteiger partial charge in [-0.15, -0.1) is 11.3 Å². The van der Waals surface area contributed by atoms with Gasteiger partial charge in [-0.2, -0.15) is 0 Å². The summed E-state index contributed by atoms with van der Waals surface area (Å²) in [5.41, 5.74) is 6.24. The van der Waals surface area contributed by atoms with Gasteiger partial charge < -0.3 is 0 Å². The molecule has 0 atom stereocenters. The molecule has 0 fully saturated rings. The monoisotopic (exact) mass is 378 g/mol. The van der Waals surface area contributed by atoms with E-state index in [-0.39, 0.29) is 0 Å². The molecule has 3 aromatic rings. The number of nitrogens with zero attached hydrogens (tertiary/aromatic N) is 2. The number of aromatic nitrogens is 1. The fourth-order valence-corrected chi connectivity index (χ4v) is 4.10. The molecule has 3 rings (SSSR count). The minimum atomic E-state index is 1.02. The van der Waals surface area contributed by atoms with E-state index in [0.717, 1.165) is 23.3 Å². The third kappa shape index (κ3) is 5.20. The number of unbranched alkanes of at least 4 members (excludes halogenated alkanes) is 2. The Hall–Kier alpha value is -2.13. The Morgan fingerprint density at radius 2 is 1.37 bits per heavy atom. The van der Waals surface area contributed by atoms with Gasteiger partial charge in [0.25, 0.3) is 0 Å². The molecule has 1 heterocycles. The van der Waals surface area contributed by atoms with Crippen LogP contribution in [0, 0.1) is 6.92 Å². The van der Waals surface area contributed by atoms with Gasteiger partial charge in [0.1, 0.15) is 0 Å². The fraction of sp³-hybridized carbons (Fsp3) is 0.375. The van der Waals surface area contributed by atoms with Gasteiger partial charge in [-0.25, -0.2) is 4.99 Å². The van der Waals surface area contributed by atoms with Crippen molar-refractivity contribution >= 4 is 17.0 Å². The van der Waals surface area contributed by atoms with Crippen LogP contribution in [0.5, 0.6) is 0 Å². The smallest absolute Gasteiger partial charge is 0.194 e. The Morgan fingerprint density at radius 3 is 1.93 bits per heavy atom. The molecule has 0 saturated carbocycles. The van der Waals surface area contributed by atoms with Crippen molar-refractivity contribution in [3.8, 4) is 5.69 Å². The second kappa shape index (κ2) is 9.70. The lowest BCUT2D eigenvalue weighted by Gasteiger charge is -2.08. The molecule has 1 aromatic heterocycles. The van der Waals surface area contributed by atoms with E-state index in [0.29, 0.717) is 0 Å². The van der Waals surface area contributed by atoms with Crippen molar-refractivity contribution in [3.63, 3.8) is 0 Å². The summed E-state index contributed by atoms with van der Waals surface area (Å²) in [6.45, 7) is 6.62. The van der Waals surface area contributed by atoms with Crippen LogP contribution in [0.4, 0.5) is 5.69 Å². The van der Waals surface area contributed by atoms with Gasteiger partial charge in [0, 0.05) is 16.8 Å². The average Bonchev–Trinajstić information content (AvgIpc) is 3.06. The first-order valence-corrected chi connectivity index (χ1v) is 11.0. The summed E-state index contributed by atoms with van der Waals surface area (Å²) in [7, 11) is 0. The van der Waals surface area contributed by atoms with Crippen LogP contribution in [-0.2, 0) is 12.8 Å². The standard InChI is InChI=1S/C24H30N2S/c1-4-6-8-20-10-14-22(15-11-20)25-24-26(19(3)18-27-24)23-16-12-21(13-17-23)9-7-5-2/h10-18H,4-9H2,1-3H3. The van der Waals surface area contributed by atoms with Crippen molar-refractivity contribution in [2.24, 2.45) is 4.99 Å². The number of benzene rings is 2. The predicted octanol–water partition coefficient (Wildman–Crippen LogP) is 6.76. The molecule has 0 unspecified atom stereocenters. The quantitative estimate of drug-likeness (QED) is 0.412. The molecule has 0 aliphatic carbocycles. The minimum Gasteiger partial charge on any atom is -0.290 e. The van der Waals surface area contributed by atoms with Crippen molar-refractivity contribution in [2.75, 3.05) is 0 Å². The molecular weight excluding hydrogens is 348 g/mol. The number of hydrogen-bond acceptors (Lipinski definition) is 2. The van der Waals surface area contributed by atoms with Gasteiger partial charge >= 0.3 is 0 Å². The normalized spacial score (nSPS) is 11.9. The molecule has 0 saturated heterocycles. The van der Waals surface area contributed by atoms with Gasteiger partial charge in [-0.05, 0) is 68.0 Å². The summed E-state index contributed by atoms with van der Waals surface area (Å²) in [5, 5.41) is 2.18. The second-order valence-corrected chi connectivity index (χ2v) is 7.98. The molecule has 27 heavy (non-hydrogen) atoms. The molecule has 2 aromatic carbocycles. The van der Waals surface area contributed by atoms with E-state index < -0.39 is 0 Å². The van der Waals surface area contributed by atoms with Crippen LogP contribution in [0.3, 0.4) is 0 Å². The van der Waals surface area contributed by atoms with Crippen LogP contribution in [0.25, 0.3) is 5.69 Å². The molecule has 2 nitrogen and oxygen atoms in total. The maximum absolute atomic E-state index is 4.91. The van der Waals surface area contributed by atoms with Gasteiger partial charge in [-0.3, -0.25) is 4.57 Å². The van der Waals surface area contributed by atoms with Gasteiger partial charge in [0.15, 0.2) is 4.80 Å². The van der Waals surface area contributed by atoms with Gasteiger partial charge in [0.05, 0.1) is 5.69 Å². The first kappa shape index (κ1) is 19.6. The first-order chi connectivity index (χ1) is 13.2. The summed E-state index contributed by atoms with van der Waals surface area (Å²) in [6.07, 6.45) is 7.27. The summed E-state index contributed by atoms with van der Waals surface area (Å²) < 4.78 is 2.25. The maximum atomic E-state index is 4.91. The number of hydrogen-bond donors (Lipinski definition) is 0. The zero-order valence-electron chi connectivity index (χ0n) is 16.7. The number of aryl methyl sites for hydroxylation is 3. The Morgan fingerprint density at radius 1 is 0.815 bits per heavy atom. The summed E-state index contributed by atoms with van der Waals surface area (Å²) in [4.78, 5) is 5.94. The van der Waals surface area contributed by atoms with Crippen molar-refractivity contribution in [1.82, 2.24) is 4.57 Å². The molecule has 0 radical (unpaired) electrons. The summed E-state index contributed by atoms with van der Waals surface area (Å²) in [5.74, 6) is 0. The Bertz CT molecular complexity index is 899. The highest BCUT2D eigenvalue weighted by Gasteiger charge is 2.05. The van der Waals surface area contributed by atoms with E-state index in [1.54, 1.807) is 11.3 Å². The largest absolute Gasteiger partial charge is 0.290 e. The molecule has 0 N–H and O–H groups in total. The van der Waals surface area contributed by atoms with E-state index >= 15 is 0 Å². The first-order valence-electron chi connectivity index (χ1n) is 10.1. The van der Waals surface area contributed by atoms with Crippen LogP contribution in [0.2, 0.25) is 0 Å². The Balaban J connectivity index is 1.86. The van der Waals surface area contributed by atoms with Crippen LogP contribution in [-0.4, -0.2) is 4.57 Å². The molecule has 142 valence electrons. The lowest BCUT2D eigenvalue weighted by atomic mass is 10.1. The highest BCUT2D eigenvalue weighted by molar-refractivity contribution is 7.07. The fourth-order valence-electron chi connectivity index (χ4n) is 3.21. The van der Waals surface area contributed by atoms with E-state index in [2.05, 4.69) is 79.2 Å². The zero-order chi connectivity index (χ0) is 19.1. The second-order valence-electron chi connectivity index (χ2n) is 7.15. The molecule has 3 heteroatoms. The predicted molar refractivity (Wildman–Crippen MR) is 117 cm³/mol. The number of rotatable bonds is 8. The summed E-state index contributed by atoms with van der Waals surface area (Å²) >= 11 is 1.70. The highest BCUT2D eigenvalue weighted by Crippen LogP contribution is 2.17. The summed E-state index contributed by atoms with van der Waals surface area (Å²) in [6, 6.07) is 17.6. The third-order valence-corrected chi connectivity index (χ3v) is 5.82. The number of thiazole rings is 1. The SMILES string of the molecule is CCCCc1ccc(N=c2scc(C)n2-c2ccc(CCCC)cc2)cc1.